The van der Waals surface area contributed by atoms with Crippen molar-refractivity contribution < 1.29 is 14.6 Å². The molecule has 1 aliphatic rings. The van der Waals surface area contributed by atoms with Crippen LogP contribution in [0.4, 0.5) is 0 Å². The minimum Gasteiger partial charge on any atom is -0.454 e. The van der Waals surface area contributed by atoms with Gasteiger partial charge in [0, 0.05) is 53.6 Å². The third-order valence-electron chi connectivity index (χ3n) is 6.19. The fourth-order valence-corrected chi connectivity index (χ4v) is 4.58. The molecule has 7 heteroatoms. The van der Waals surface area contributed by atoms with Gasteiger partial charge in [0.2, 0.25) is 0 Å². The summed E-state index contributed by atoms with van der Waals surface area (Å²) >= 11 is 0. The molecular formula is C24H25N3O4. The molecule has 0 radical (unpaired) electrons. The number of benzene rings is 1. The van der Waals surface area contributed by atoms with E-state index in [-0.39, 0.29) is 17.0 Å². The lowest BCUT2D eigenvalue weighted by molar-refractivity contribution is -0.0439. The smallest absolute Gasteiger partial charge is 0.190 e. The monoisotopic (exact) mass is 419 g/mol. The molecule has 0 spiro atoms. The third kappa shape index (κ3) is 3.04. The van der Waals surface area contributed by atoms with Gasteiger partial charge in [-0.3, -0.25) is 9.48 Å². The molecule has 7 nitrogen and oxygen atoms in total. The van der Waals surface area contributed by atoms with Crippen LogP contribution >= 0.6 is 0 Å². The summed E-state index contributed by atoms with van der Waals surface area (Å²) in [6, 6.07) is 7.54. The maximum Gasteiger partial charge on any atom is 0.190 e. The van der Waals surface area contributed by atoms with Crippen molar-refractivity contribution in [3.8, 4) is 22.6 Å². The molecule has 1 atom stereocenters. The van der Waals surface area contributed by atoms with E-state index < -0.39 is 11.7 Å². The highest BCUT2D eigenvalue weighted by Crippen LogP contribution is 2.47. The molecule has 0 amide bonds. The highest BCUT2D eigenvalue weighted by Gasteiger charge is 2.36. The van der Waals surface area contributed by atoms with Crippen molar-refractivity contribution >= 4 is 11.0 Å². The zero-order valence-corrected chi connectivity index (χ0v) is 18.0. The average molecular weight is 419 g/mol. The number of aliphatic hydroxyl groups excluding tert-OH is 1. The van der Waals surface area contributed by atoms with E-state index in [1.165, 1.54) is 6.07 Å². The van der Waals surface area contributed by atoms with Gasteiger partial charge in [-0.15, -0.1) is 0 Å². The number of furan rings is 1. The standard InChI is InChI=1S/C24H25N3O4/c1-24(2,3)20-8-16-15-7-5-6-14(13-10-25-26(4)11-13)21(15)31-22(16)18-9-19(28)17(23(29)30)12-27(18)20/h5-7,9-12,20,23,29-30H,8H2,1-4H3/t20-/m0/s1. The summed E-state index contributed by atoms with van der Waals surface area (Å²) in [6.45, 7) is 6.43. The van der Waals surface area contributed by atoms with Crippen molar-refractivity contribution in [3.63, 3.8) is 0 Å². The molecule has 5 rings (SSSR count). The Morgan fingerprint density at radius 2 is 2.00 bits per heavy atom. The molecule has 0 bridgehead atoms. The number of aryl methyl sites for hydroxylation is 1. The number of aromatic nitrogens is 3. The highest BCUT2D eigenvalue weighted by atomic mass is 16.5. The first kappa shape index (κ1) is 19.8. The first-order valence-electron chi connectivity index (χ1n) is 10.3. The van der Waals surface area contributed by atoms with E-state index in [0.717, 1.165) is 27.7 Å². The summed E-state index contributed by atoms with van der Waals surface area (Å²) in [5.74, 6) is 0.655. The quantitative estimate of drug-likeness (QED) is 0.482. The second-order valence-electron chi connectivity index (χ2n) is 9.34. The fraction of sp³-hybridized carbons (Fsp3) is 0.333. The topological polar surface area (TPSA) is 93.4 Å². The molecule has 3 aromatic heterocycles. The Morgan fingerprint density at radius 3 is 2.65 bits per heavy atom. The number of nitrogens with zero attached hydrogens (tertiary/aromatic N) is 3. The summed E-state index contributed by atoms with van der Waals surface area (Å²) in [5.41, 5.74) is 3.81. The van der Waals surface area contributed by atoms with Crippen molar-refractivity contribution in [1.29, 1.82) is 0 Å². The van der Waals surface area contributed by atoms with Crippen LogP contribution in [-0.4, -0.2) is 24.6 Å². The first-order valence-corrected chi connectivity index (χ1v) is 10.3. The molecular weight excluding hydrogens is 394 g/mol. The second-order valence-corrected chi connectivity index (χ2v) is 9.34. The van der Waals surface area contributed by atoms with E-state index in [0.29, 0.717) is 17.9 Å². The predicted molar refractivity (Wildman–Crippen MR) is 117 cm³/mol. The van der Waals surface area contributed by atoms with Crippen LogP contribution in [0.15, 0.2) is 52.1 Å². The van der Waals surface area contributed by atoms with Crippen LogP contribution in [0.3, 0.4) is 0 Å². The lowest BCUT2D eigenvalue weighted by Crippen LogP contribution is -2.32. The van der Waals surface area contributed by atoms with E-state index in [1.807, 2.05) is 36.1 Å². The van der Waals surface area contributed by atoms with Crippen molar-refractivity contribution in [2.75, 3.05) is 0 Å². The molecule has 0 unspecified atom stereocenters. The SMILES string of the molecule is Cn1cc(-c2cccc3c4c(oc23)-c2cc(=O)c(C(O)O)cn2[C@H](C(C)(C)C)C4)cn1. The molecule has 1 aromatic carbocycles. The summed E-state index contributed by atoms with van der Waals surface area (Å²) in [4.78, 5) is 12.6. The van der Waals surface area contributed by atoms with Crippen LogP contribution in [0.5, 0.6) is 0 Å². The highest BCUT2D eigenvalue weighted by molar-refractivity contribution is 5.97. The van der Waals surface area contributed by atoms with Crippen molar-refractivity contribution in [2.45, 2.75) is 39.5 Å². The number of pyridine rings is 1. The summed E-state index contributed by atoms with van der Waals surface area (Å²) in [5, 5.41) is 24.7. The third-order valence-corrected chi connectivity index (χ3v) is 6.19. The van der Waals surface area contributed by atoms with Crippen molar-refractivity contribution in [1.82, 2.24) is 14.3 Å². The van der Waals surface area contributed by atoms with Gasteiger partial charge in [0.15, 0.2) is 17.5 Å². The lowest BCUT2D eigenvalue weighted by Gasteiger charge is -2.37. The van der Waals surface area contributed by atoms with Gasteiger partial charge in [0.1, 0.15) is 5.58 Å². The molecule has 0 saturated carbocycles. The van der Waals surface area contributed by atoms with Crippen LogP contribution in [-0.2, 0) is 13.5 Å². The summed E-state index contributed by atoms with van der Waals surface area (Å²) < 4.78 is 10.1. The number of aliphatic hydroxyl groups is 2. The minimum atomic E-state index is -1.82. The molecule has 160 valence electrons. The van der Waals surface area contributed by atoms with E-state index in [2.05, 4.69) is 31.9 Å². The molecule has 4 heterocycles. The Labute approximate surface area is 179 Å². The minimum absolute atomic E-state index is 0.0101. The maximum absolute atomic E-state index is 12.6. The van der Waals surface area contributed by atoms with Crippen LogP contribution in [0, 0.1) is 5.41 Å². The van der Waals surface area contributed by atoms with Crippen LogP contribution in [0.1, 0.15) is 44.2 Å². The van der Waals surface area contributed by atoms with Gasteiger partial charge in [-0.25, -0.2) is 0 Å². The van der Waals surface area contributed by atoms with E-state index in [9.17, 15) is 15.0 Å². The Balaban J connectivity index is 1.81. The molecule has 0 saturated heterocycles. The fourth-order valence-electron chi connectivity index (χ4n) is 4.58. The van der Waals surface area contributed by atoms with Crippen LogP contribution < -0.4 is 5.43 Å². The Bertz CT molecular complexity index is 1370. The van der Waals surface area contributed by atoms with Gasteiger partial charge in [-0.1, -0.05) is 39.0 Å². The normalized spacial score (nSPS) is 16.0. The zero-order chi connectivity index (χ0) is 22.1. The second kappa shape index (κ2) is 6.67. The number of hydrogen-bond donors (Lipinski definition) is 2. The molecule has 0 aliphatic carbocycles. The number of fused-ring (bicyclic) bond motifs is 5. The first-order chi connectivity index (χ1) is 14.6. The predicted octanol–water partition coefficient (Wildman–Crippen LogP) is 3.79. The molecule has 1 aliphatic heterocycles. The van der Waals surface area contributed by atoms with Crippen LogP contribution in [0.25, 0.3) is 33.6 Å². The van der Waals surface area contributed by atoms with Gasteiger partial charge < -0.3 is 19.2 Å². The largest absolute Gasteiger partial charge is 0.454 e. The van der Waals surface area contributed by atoms with Gasteiger partial charge in [-0.05, 0) is 11.8 Å². The van der Waals surface area contributed by atoms with Crippen LogP contribution in [0.2, 0.25) is 0 Å². The maximum atomic E-state index is 12.6. The summed E-state index contributed by atoms with van der Waals surface area (Å²) in [7, 11) is 1.88. The number of para-hydroxylation sites is 1. The zero-order valence-electron chi connectivity index (χ0n) is 18.0. The average Bonchev–Trinajstić information content (AvgIpc) is 3.29. The molecule has 4 aromatic rings. The van der Waals surface area contributed by atoms with Crippen molar-refractivity contribution in [2.24, 2.45) is 12.5 Å². The number of rotatable bonds is 2. The Morgan fingerprint density at radius 1 is 1.23 bits per heavy atom. The Hall–Kier alpha value is -3.16. The summed E-state index contributed by atoms with van der Waals surface area (Å²) in [6.07, 6.45) is 4.21. The van der Waals surface area contributed by atoms with Gasteiger partial charge >= 0.3 is 0 Å². The van der Waals surface area contributed by atoms with Gasteiger partial charge in [0.05, 0.1) is 17.5 Å². The molecule has 2 N–H and O–H groups in total. The van der Waals surface area contributed by atoms with E-state index in [4.69, 9.17) is 4.42 Å². The lowest BCUT2D eigenvalue weighted by atomic mass is 9.79. The molecule has 0 fully saturated rings. The van der Waals surface area contributed by atoms with E-state index >= 15 is 0 Å². The van der Waals surface area contributed by atoms with E-state index in [1.54, 1.807) is 10.9 Å². The van der Waals surface area contributed by atoms with Crippen molar-refractivity contribution in [3.05, 3.63) is 64.2 Å². The Kier molecular flexibility index (Phi) is 4.26. The van der Waals surface area contributed by atoms with Gasteiger partial charge in [0.25, 0.3) is 0 Å². The van der Waals surface area contributed by atoms with Gasteiger partial charge in [-0.2, -0.15) is 5.10 Å². The molecule has 31 heavy (non-hydrogen) atoms. The number of hydrogen-bond acceptors (Lipinski definition) is 5.